The van der Waals surface area contributed by atoms with E-state index in [-0.39, 0.29) is 17.3 Å². The molecule has 102 valence electrons. The molecular formula is C13H17N3O2S. The molecule has 1 saturated heterocycles. The van der Waals surface area contributed by atoms with E-state index in [0.29, 0.717) is 18.6 Å². The van der Waals surface area contributed by atoms with Crippen molar-refractivity contribution in [3.63, 3.8) is 0 Å². The van der Waals surface area contributed by atoms with Gasteiger partial charge in [0.25, 0.3) is 0 Å². The number of amides is 1. The van der Waals surface area contributed by atoms with Crippen molar-refractivity contribution in [1.29, 1.82) is 0 Å². The maximum atomic E-state index is 11.1. The van der Waals surface area contributed by atoms with E-state index in [1.807, 2.05) is 18.2 Å². The van der Waals surface area contributed by atoms with Crippen LogP contribution in [0.25, 0.3) is 0 Å². The average Bonchev–Trinajstić information content (AvgIpc) is 2.77. The molecule has 19 heavy (non-hydrogen) atoms. The zero-order valence-corrected chi connectivity index (χ0v) is 11.3. The van der Waals surface area contributed by atoms with Crippen molar-refractivity contribution in [2.45, 2.75) is 24.3 Å². The Bertz CT molecular complexity index is 482. The first-order valence-corrected chi connectivity index (χ1v) is 7.12. The highest BCUT2D eigenvalue weighted by Crippen LogP contribution is 2.29. The second-order valence-electron chi connectivity index (χ2n) is 4.55. The zero-order chi connectivity index (χ0) is 13.8. The first-order chi connectivity index (χ1) is 9.11. The SMILES string of the molecule is NC(=O)C1CSC(C2=C(N)CC(CC=O)=CC=C2)N1. The minimum Gasteiger partial charge on any atom is -0.401 e. The van der Waals surface area contributed by atoms with Crippen molar-refractivity contribution in [2.24, 2.45) is 11.5 Å². The molecule has 2 rings (SSSR count). The summed E-state index contributed by atoms with van der Waals surface area (Å²) in [5, 5.41) is 3.16. The number of rotatable bonds is 4. The number of allylic oxidation sites excluding steroid dienone is 3. The van der Waals surface area contributed by atoms with E-state index in [1.54, 1.807) is 11.8 Å². The third-order valence-corrected chi connectivity index (χ3v) is 4.40. The van der Waals surface area contributed by atoms with Crippen LogP contribution in [0.1, 0.15) is 12.8 Å². The average molecular weight is 279 g/mol. The molecule has 5 nitrogen and oxygen atoms in total. The predicted molar refractivity (Wildman–Crippen MR) is 76.1 cm³/mol. The van der Waals surface area contributed by atoms with E-state index in [0.717, 1.165) is 23.1 Å². The third-order valence-electron chi connectivity index (χ3n) is 3.15. The summed E-state index contributed by atoms with van der Waals surface area (Å²) in [5.41, 5.74) is 14.1. The topological polar surface area (TPSA) is 98.2 Å². The van der Waals surface area contributed by atoms with Crippen molar-refractivity contribution < 1.29 is 9.59 Å². The molecule has 0 spiro atoms. The Hall–Kier alpha value is -1.53. The fraction of sp³-hybridized carbons (Fsp3) is 0.385. The summed E-state index contributed by atoms with van der Waals surface area (Å²) < 4.78 is 0. The van der Waals surface area contributed by atoms with Crippen molar-refractivity contribution in [1.82, 2.24) is 5.32 Å². The molecule has 0 aromatic carbocycles. The van der Waals surface area contributed by atoms with Gasteiger partial charge in [-0.25, -0.2) is 0 Å². The van der Waals surface area contributed by atoms with Gasteiger partial charge in [0.05, 0.1) is 11.4 Å². The monoisotopic (exact) mass is 279 g/mol. The predicted octanol–water partition coefficient (Wildman–Crippen LogP) is 0.191. The number of aldehydes is 1. The van der Waals surface area contributed by atoms with Crippen LogP contribution in [0, 0.1) is 0 Å². The lowest BCUT2D eigenvalue weighted by Gasteiger charge is -2.15. The van der Waals surface area contributed by atoms with E-state index in [4.69, 9.17) is 11.5 Å². The molecule has 5 N–H and O–H groups in total. The van der Waals surface area contributed by atoms with Gasteiger partial charge in [0.1, 0.15) is 6.29 Å². The summed E-state index contributed by atoms with van der Waals surface area (Å²) in [5.74, 6) is 0.311. The lowest BCUT2D eigenvalue weighted by Crippen LogP contribution is -2.41. The van der Waals surface area contributed by atoms with E-state index in [2.05, 4.69) is 5.32 Å². The Labute approximate surface area is 116 Å². The normalized spacial score (nSPS) is 27.1. The number of primary amides is 1. The highest BCUT2D eigenvalue weighted by molar-refractivity contribution is 8.00. The van der Waals surface area contributed by atoms with Gasteiger partial charge in [-0.2, -0.15) is 0 Å². The van der Waals surface area contributed by atoms with Crippen LogP contribution in [0.5, 0.6) is 0 Å². The molecule has 1 aliphatic carbocycles. The largest absolute Gasteiger partial charge is 0.401 e. The Kier molecular flexibility index (Phi) is 4.44. The lowest BCUT2D eigenvalue weighted by molar-refractivity contribution is -0.119. The van der Waals surface area contributed by atoms with Crippen molar-refractivity contribution in [3.05, 3.63) is 35.1 Å². The van der Waals surface area contributed by atoms with Crippen LogP contribution in [0.4, 0.5) is 0 Å². The van der Waals surface area contributed by atoms with E-state index in [1.165, 1.54) is 0 Å². The summed E-state index contributed by atoms with van der Waals surface area (Å²) in [7, 11) is 0. The maximum absolute atomic E-state index is 11.1. The van der Waals surface area contributed by atoms with Crippen LogP contribution in [0.15, 0.2) is 35.1 Å². The van der Waals surface area contributed by atoms with Gasteiger partial charge in [-0.3, -0.25) is 10.1 Å². The fourth-order valence-electron chi connectivity index (χ4n) is 2.12. The maximum Gasteiger partial charge on any atom is 0.235 e. The second-order valence-corrected chi connectivity index (χ2v) is 5.69. The number of nitrogens with two attached hydrogens (primary N) is 2. The van der Waals surface area contributed by atoms with Crippen LogP contribution in [-0.2, 0) is 9.59 Å². The van der Waals surface area contributed by atoms with Crippen LogP contribution in [0.3, 0.4) is 0 Å². The smallest absolute Gasteiger partial charge is 0.235 e. The van der Waals surface area contributed by atoms with Crippen molar-refractivity contribution >= 4 is 24.0 Å². The lowest BCUT2D eigenvalue weighted by atomic mass is 10.1. The van der Waals surface area contributed by atoms with Crippen molar-refractivity contribution in [3.8, 4) is 0 Å². The number of carbonyl (C=O) groups is 2. The summed E-state index contributed by atoms with van der Waals surface area (Å²) in [6.45, 7) is 0. The zero-order valence-electron chi connectivity index (χ0n) is 10.5. The van der Waals surface area contributed by atoms with Gasteiger partial charge >= 0.3 is 0 Å². The van der Waals surface area contributed by atoms with Crippen LogP contribution >= 0.6 is 11.8 Å². The van der Waals surface area contributed by atoms with Gasteiger partial charge in [0, 0.05) is 24.3 Å². The minimum atomic E-state index is -0.341. The number of nitrogens with one attached hydrogen (secondary N) is 1. The minimum absolute atomic E-state index is 0.0160. The summed E-state index contributed by atoms with van der Waals surface area (Å²) in [6.07, 6.45) is 7.60. The highest BCUT2D eigenvalue weighted by Gasteiger charge is 2.30. The molecule has 2 unspecified atom stereocenters. The van der Waals surface area contributed by atoms with E-state index < -0.39 is 0 Å². The van der Waals surface area contributed by atoms with Gasteiger partial charge < -0.3 is 16.3 Å². The van der Waals surface area contributed by atoms with Gasteiger partial charge in [0.2, 0.25) is 5.91 Å². The van der Waals surface area contributed by atoms with Crippen molar-refractivity contribution in [2.75, 3.05) is 5.75 Å². The van der Waals surface area contributed by atoms with Gasteiger partial charge in [-0.1, -0.05) is 23.8 Å². The summed E-state index contributed by atoms with van der Waals surface area (Å²) >= 11 is 1.62. The Morgan fingerprint density at radius 3 is 3.00 bits per heavy atom. The Balaban J connectivity index is 2.11. The molecule has 2 aliphatic rings. The molecule has 1 fully saturated rings. The molecule has 0 bridgehead atoms. The molecule has 1 aliphatic heterocycles. The molecule has 0 radical (unpaired) electrons. The van der Waals surface area contributed by atoms with Gasteiger partial charge in [0.15, 0.2) is 0 Å². The Morgan fingerprint density at radius 1 is 1.58 bits per heavy atom. The first-order valence-electron chi connectivity index (χ1n) is 6.07. The standard InChI is InChI=1S/C13H17N3O2S/c14-10-6-8(4-5-17)2-1-3-9(10)13-16-11(7-19-13)12(15)18/h1-3,5,11,13,16H,4,6-7,14H2,(H2,15,18). The number of hydrogen-bond acceptors (Lipinski definition) is 5. The fourth-order valence-corrected chi connectivity index (χ4v) is 3.43. The van der Waals surface area contributed by atoms with Crippen LogP contribution in [-0.4, -0.2) is 29.4 Å². The van der Waals surface area contributed by atoms with Crippen LogP contribution in [0.2, 0.25) is 0 Å². The highest BCUT2D eigenvalue weighted by atomic mass is 32.2. The van der Waals surface area contributed by atoms with Gasteiger partial charge in [-0.05, 0) is 5.57 Å². The van der Waals surface area contributed by atoms with Crippen LogP contribution < -0.4 is 16.8 Å². The first kappa shape index (κ1) is 13.9. The quantitative estimate of drug-likeness (QED) is 0.638. The molecule has 1 amide bonds. The summed E-state index contributed by atoms with van der Waals surface area (Å²) in [4.78, 5) is 21.7. The number of thioether (sulfide) groups is 1. The Morgan fingerprint density at radius 2 is 2.37 bits per heavy atom. The number of hydrogen-bond donors (Lipinski definition) is 3. The third kappa shape index (κ3) is 3.27. The molecular weight excluding hydrogens is 262 g/mol. The molecule has 6 heteroatoms. The van der Waals surface area contributed by atoms with E-state index in [9.17, 15) is 9.59 Å². The summed E-state index contributed by atoms with van der Waals surface area (Å²) in [6, 6.07) is -0.311. The molecule has 0 saturated carbocycles. The van der Waals surface area contributed by atoms with Gasteiger partial charge in [-0.15, -0.1) is 11.8 Å². The molecule has 0 aromatic rings. The molecule has 1 heterocycles. The molecule has 2 atom stereocenters. The molecule has 0 aromatic heterocycles. The number of carbonyl (C=O) groups excluding carboxylic acids is 2. The van der Waals surface area contributed by atoms with E-state index >= 15 is 0 Å². The second kappa shape index (κ2) is 6.08.